The Balaban J connectivity index is 1.46. The lowest BCUT2D eigenvalue weighted by atomic mass is 10.1. The van der Waals surface area contributed by atoms with E-state index in [0.29, 0.717) is 17.5 Å². The molecule has 1 heterocycles. The van der Waals surface area contributed by atoms with Crippen molar-refractivity contribution in [2.75, 3.05) is 6.54 Å². The summed E-state index contributed by atoms with van der Waals surface area (Å²) in [7, 11) is -3.78. The molecule has 0 saturated heterocycles. The molecule has 0 saturated carbocycles. The van der Waals surface area contributed by atoms with Gasteiger partial charge in [0, 0.05) is 12.7 Å². The molecule has 0 aliphatic heterocycles. The van der Waals surface area contributed by atoms with E-state index in [4.69, 9.17) is 9.88 Å². The van der Waals surface area contributed by atoms with E-state index in [1.54, 1.807) is 36.4 Å². The smallest absolute Gasteiger partial charge is 0.258 e. The number of aromatic nitrogens is 2. The molecule has 3 aromatic carbocycles. The molecule has 8 nitrogen and oxygen atoms in total. The molecule has 11 heteroatoms. The Hall–Kier alpha value is -4.09. The lowest BCUT2D eigenvalue weighted by molar-refractivity contribution is 0.0949. The van der Waals surface area contributed by atoms with Crippen LogP contribution < -0.4 is 15.2 Å². The molecule has 0 unspecified atom stereocenters. The van der Waals surface area contributed by atoms with Crippen molar-refractivity contribution in [3.05, 3.63) is 113 Å². The highest BCUT2D eigenvalue weighted by Gasteiger charge is 2.18. The first-order valence-corrected chi connectivity index (χ1v) is 12.8. The summed E-state index contributed by atoms with van der Waals surface area (Å²) in [4.78, 5) is 13.0. The van der Waals surface area contributed by atoms with Crippen molar-refractivity contribution in [2.24, 2.45) is 5.14 Å². The summed E-state index contributed by atoms with van der Waals surface area (Å²) in [5, 5.41) is 12.2. The molecule has 192 valence electrons. The molecule has 0 spiro atoms. The van der Waals surface area contributed by atoms with Gasteiger partial charge in [-0.1, -0.05) is 36.4 Å². The average Bonchev–Trinajstić information content (AvgIpc) is 3.25. The van der Waals surface area contributed by atoms with E-state index < -0.39 is 21.7 Å². The van der Waals surface area contributed by atoms with Gasteiger partial charge in [0.25, 0.3) is 5.91 Å². The molecule has 0 bridgehead atoms. The third kappa shape index (κ3) is 7.21. The predicted octanol–water partition coefficient (Wildman–Crippen LogP) is 3.41. The van der Waals surface area contributed by atoms with E-state index in [1.165, 1.54) is 47.3 Å². The number of ether oxygens (including phenoxy) is 1. The van der Waals surface area contributed by atoms with Crippen LogP contribution in [0.15, 0.2) is 83.9 Å². The number of nitrogens with zero attached hydrogens (tertiary/aromatic N) is 2. The minimum Gasteiger partial charge on any atom is -0.471 e. The Labute approximate surface area is 212 Å². The van der Waals surface area contributed by atoms with E-state index in [1.807, 2.05) is 0 Å². The van der Waals surface area contributed by atoms with Crippen LogP contribution in [0.1, 0.15) is 27.0 Å². The lowest BCUT2D eigenvalue weighted by Gasteiger charge is -2.08. The second-order valence-corrected chi connectivity index (χ2v) is 9.85. The third-order valence-electron chi connectivity index (χ3n) is 5.42. The first-order valence-electron chi connectivity index (χ1n) is 11.3. The van der Waals surface area contributed by atoms with Crippen LogP contribution in [0.25, 0.3) is 0 Å². The fourth-order valence-corrected chi connectivity index (χ4v) is 4.12. The predicted molar refractivity (Wildman–Crippen MR) is 132 cm³/mol. The minimum absolute atomic E-state index is 0.00563. The number of halogens is 2. The summed E-state index contributed by atoms with van der Waals surface area (Å²) < 4.78 is 57.1. The standard InChI is InChI=1S/C26H24F2N4O4S/c27-21-5-1-3-19(13-21)15-32-16-24(26(31-32)36-17-20-4-2-6-22(28)14-20)25(33)30-12-11-18-7-9-23(10-8-18)37(29,34)35/h1-10,13-14,16H,11-12,15,17H2,(H,30,33)(H2,29,34,35). The second kappa shape index (κ2) is 11.3. The van der Waals surface area contributed by atoms with Crippen molar-refractivity contribution < 1.29 is 26.7 Å². The molecule has 4 rings (SSSR count). The van der Waals surface area contributed by atoms with Crippen LogP contribution in [-0.4, -0.2) is 30.7 Å². The number of sulfonamides is 1. The largest absolute Gasteiger partial charge is 0.471 e. The summed E-state index contributed by atoms with van der Waals surface area (Å²) in [5.41, 5.74) is 2.18. The van der Waals surface area contributed by atoms with Gasteiger partial charge in [0.1, 0.15) is 23.8 Å². The van der Waals surface area contributed by atoms with Gasteiger partial charge >= 0.3 is 0 Å². The maximum atomic E-state index is 13.6. The zero-order valence-corrected chi connectivity index (χ0v) is 20.4. The normalized spacial score (nSPS) is 11.3. The summed E-state index contributed by atoms with van der Waals surface area (Å²) in [6.45, 7) is 0.454. The van der Waals surface area contributed by atoms with Gasteiger partial charge in [-0.05, 0) is 59.5 Å². The van der Waals surface area contributed by atoms with E-state index >= 15 is 0 Å². The molecule has 0 aliphatic rings. The molecular weight excluding hydrogens is 502 g/mol. The molecule has 4 aromatic rings. The fraction of sp³-hybridized carbons (Fsp3) is 0.154. The van der Waals surface area contributed by atoms with Crippen LogP contribution in [0.2, 0.25) is 0 Å². The van der Waals surface area contributed by atoms with Gasteiger partial charge in [-0.25, -0.2) is 22.3 Å². The van der Waals surface area contributed by atoms with Crippen molar-refractivity contribution in [3.8, 4) is 5.88 Å². The molecule has 0 radical (unpaired) electrons. The Morgan fingerprint density at radius 2 is 1.59 bits per heavy atom. The summed E-state index contributed by atoms with van der Waals surface area (Å²) in [6.07, 6.45) is 1.94. The molecule has 1 amide bonds. The van der Waals surface area contributed by atoms with Crippen molar-refractivity contribution in [1.29, 1.82) is 0 Å². The Morgan fingerprint density at radius 1 is 0.946 bits per heavy atom. The molecule has 1 aromatic heterocycles. The van der Waals surface area contributed by atoms with Crippen LogP contribution in [0.5, 0.6) is 5.88 Å². The molecular formula is C26H24F2N4O4S. The van der Waals surface area contributed by atoms with Crippen LogP contribution in [0.4, 0.5) is 8.78 Å². The number of amides is 1. The first kappa shape index (κ1) is 26.0. The quantitative estimate of drug-likeness (QED) is 0.329. The van der Waals surface area contributed by atoms with E-state index in [0.717, 1.165) is 5.56 Å². The van der Waals surface area contributed by atoms with Gasteiger partial charge in [-0.15, -0.1) is 5.10 Å². The van der Waals surface area contributed by atoms with Gasteiger partial charge in [-0.2, -0.15) is 0 Å². The third-order valence-corrected chi connectivity index (χ3v) is 6.35. The van der Waals surface area contributed by atoms with Crippen LogP contribution in [0.3, 0.4) is 0 Å². The lowest BCUT2D eigenvalue weighted by Crippen LogP contribution is -2.26. The van der Waals surface area contributed by atoms with Gasteiger partial charge in [0.2, 0.25) is 15.9 Å². The SMILES string of the molecule is NS(=O)(=O)c1ccc(CCNC(=O)c2cn(Cc3cccc(F)c3)nc2OCc2cccc(F)c2)cc1. The summed E-state index contributed by atoms with van der Waals surface area (Å²) in [6, 6.07) is 18.0. The highest BCUT2D eigenvalue weighted by molar-refractivity contribution is 7.89. The van der Waals surface area contributed by atoms with Crippen molar-refractivity contribution in [3.63, 3.8) is 0 Å². The number of rotatable bonds is 10. The number of nitrogens with one attached hydrogen (secondary N) is 1. The molecule has 3 N–H and O–H groups in total. The van der Waals surface area contributed by atoms with Crippen molar-refractivity contribution in [2.45, 2.75) is 24.5 Å². The maximum Gasteiger partial charge on any atom is 0.258 e. The summed E-state index contributed by atoms with van der Waals surface area (Å²) in [5.74, 6) is -1.19. The number of benzene rings is 3. The van der Waals surface area contributed by atoms with E-state index in [-0.39, 0.29) is 41.9 Å². The molecule has 0 atom stereocenters. The number of primary sulfonamides is 1. The van der Waals surface area contributed by atoms with Crippen molar-refractivity contribution in [1.82, 2.24) is 15.1 Å². The van der Waals surface area contributed by atoms with Gasteiger partial charge < -0.3 is 10.1 Å². The van der Waals surface area contributed by atoms with Crippen molar-refractivity contribution >= 4 is 15.9 Å². The zero-order valence-electron chi connectivity index (χ0n) is 19.6. The minimum atomic E-state index is -3.78. The molecule has 37 heavy (non-hydrogen) atoms. The molecule has 0 aliphatic carbocycles. The van der Waals surface area contributed by atoms with Gasteiger partial charge in [0.15, 0.2) is 0 Å². The van der Waals surface area contributed by atoms with Gasteiger partial charge in [-0.3, -0.25) is 9.48 Å². The second-order valence-electron chi connectivity index (χ2n) is 8.29. The first-order chi connectivity index (χ1) is 17.7. The number of carbonyl (C=O) groups excluding carboxylic acids is 1. The Morgan fingerprint density at radius 3 is 2.24 bits per heavy atom. The van der Waals surface area contributed by atoms with E-state index in [9.17, 15) is 22.0 Å². The highest BCUT2D eigenvalue weighted by atomic mass is 32.2. The topological polar surface area (TPSA) is 116 Å². The maximum absolute atomic E-state index is 13.6. The zero-order chi connectivity index (χ0) is 26.4. The summed E-state index contributed by atoms with van der Waals surface area (Å²) >= 11 is 0. The van der Waals surface area contributed by atoms with Gasteiger partial charge in [0.05, 0.1) is 11.4 Å². The number of hydrogen-bond acceptors (Lipinski definition) is 5. The average molecular weight is 527 g/mol. The number of nitrogens with two attached hydrogens (primary N) is 1. The monoisotopic (exact) mass is 526 g/mol. The Bertz CT molecular complexity index is 1510. The molecule has 0 fully saturated rings. The van der Waals surface area contributed by atoms with Crippen LogP contribution in [-0.2, 0) is 29.6 Å². The number of carbonyl (C=O) groups is 1. The highest BCUT2D eigenvalue weighted by Crippen LogP contribution is 2.19. The van der Waals surface area contributed by atoms with Crippen LogP contribution >= 0.6 is 0 Å². The number of hydrogen-bond donors (Lipinski definition) is 2. The Kier molecular flexibility index (Phi) is 7.95. The van der Waals surface area contributed by atoms with Crippen LogP contribution in [0, 0.1) is 11.6 Å². The van der Waals surface area contributed by atoms with E-state index in [2.05, 4.69) is 10.4 Å². The fourth-order valence-electron chi connectivity index (χ4n) is 3.61.